The van der Waals surface area contributed by atoms with Gasteiger partial charge < -0.3 is 5.73 Å². The number of aliphatic imine (C=N–C) groups is 1. The molecule has 118 valence electrons. The Labute approximate surface area is 143 Å². The molecule has 0 fully saturated rings. The first kappa shape index (κ1) is 15.8. The van der Waals surface area contributed by atoms with Crippen LogP contribution >= 0.6 is 0 Å². The lowest BCUT2D eigenvalue weighted by molar-refractivity contribution is 1.43. The maximum Gasteiger partial charge on any atom is 0.0729 e. The van der Waals surface area contributed by atoms with E-state index >= 15 is 0 Å². The molecule has 0 spiro atoms. The molecular weight excluding hydrogens is 292 g/mol. The van der Waals surface area contributed by atoms with Crippen LogP contribution in [0.25, 0.3) is 5.70 Å². The van der Waals surface area contributed by atoms with Crippen LogP contribution in [0.15, 0.2) is 96.0 Å². The zero-order chi connectivity index (χ0) is 16.8. The minimum absolute atomic E-state index is 0.699. The van der Waals surface area contributed by atoms with Gasteiger partial charge in [0.2, 0.25) is 0 Å². The quantitative estimate of drug-likeness (QED) is 0.667. The van der Waals surface area contributed by atoms with E-state index in [0.29, 0.717) is 5.70 Å². The minimum atomic E-state index is 0.699. The molecule has 0 aliphatic carbocycles. The van der Waals surface area contributed by atoms with Crippen LogP contribution in [0.4, 0.5) is 5.69 Å². The first-order chi connectivity index (χ1) is 11.7. The van der Waals surface area contributed by atoms with E-state index in [2.05, 4.69) is 19.1 Å². The van der Waals surface area contributed by atoms with E-state index in [1.165, 1.54) is 5.56 Å². The van der Waals surface area contributed by atoms with Crippen LogP contribution in [0.3, 0.4) is 0 Å². The molecule has 0 aromatic heterocycles. The van der Waals surface area contributed by atoms with Gasteiger partial charge >= 0.3 is 0 Å². The summed E-state index contributed by atoms with van der Waals surface area (Å²) >= 11 is 0. The summed E-state index contributed by atoms with van der Waals surface area (Å²) in [5, 5.41) is 0. The van der Waals surface area contributed by atoms with Crippen molar-refractivity contribution in [1.82, 2.24) is 0 Å². The number of nitrogens with two attached hydrogens (primary N) is 1. The van der Waals surface area contributed by atoms with Crippen molar-refractivity contribution in [2.24, 2.45) is 10.7 Å². The van der Waals surface area contributed by atoms with Crippen molar-refractivity contribution in [1.29, 1.82) is 0 Å². The van der Waals surface area contributed by atoms with Crippen molar-refractivity contribution in [3.8, 4) is 0 Å². The Morgan fingerprint density at radius 3 is 1.88 bits per heavy atom. The molecule has 0 saturated carbocycles. The molecule has 0 heterocycles. The lowest BCUT2D eigenvalue weighted by Crippen LogP contribution is -2.03. The molecule has 3 aromatic carbocycles. The van der Waals surface area contributed by atoms with Crippen molar-refractivity contribution >= 4 is 17.1 Å². The molecule has 0 unspecified atom stereocenters. The Morgan fingerprint density at radius 2 is 1.29 bits per heavy atom. The Hall–Kier alpha value is -3.13. The van der Waals surface area contributed by atoms with E-state index in [-0.39, 0.29) is 0 Å². The standard InChI is InChI=1S/C22H20N2/c1-17-12-14-20(15-13-17)24-22(19-10-6-3-7-11-19)16-21(23)18-8-4-2-5-9-18/h2-16H,23H2,1H3/b21-16-,24-22?. The topological polar surface area (TPSA) is 38.4 Å². The average Bonchev–Trinajstić information content (AvgIpc) is 2.64. The van der Waals surface area contributed by atoms with E-state index in [9.17, 15) is 0 Å². The molecule has 2 nitrogen and oxygen atoms in total. The minimum Gasteiger partial charge on any atom is -0.398 e. The Balaban J connectivity index is 2.04. The van der Waals surface area contributed by atoms with Gasteiger partial charge in [0.25, 0.3) is 0 Å². The SMILES string of the molecule is Cc1ccc(N=C(/C=C(\N)c2ccccc2)c2ccccc2)cc1. The van der Waals surface area contributed by atoms with Crippen LogP contribution in [0.5, 0.6) is 0 Å². The number of aryl methyl sites for hydroxylation is 1. The third kappa shape index (κ3) is 3.99. The van der Waals surface area contributed by atoms with Crippen LogP contribution in [0, 0.1) is 6.92 Å². The summed E-state index contributed by atoms with van der Waals surface area (Å²) in [4.78, 5) is 4.80. The molecular formula is C22H20N2. The first-order valence-electron chi connectivity index (χ1n) is 7.96. The number of rotatable bonds is 4. The van der Waals surface area contributed by atoms with Crippen LogP contribution in [-0.2, 0) is 0 Å². The van der Waals surface area contributed by atoms with Gasteiger partial charge in [-0.3, -0.25) is 0 Å². The van der Waals surface area contributed by atoms with E-state index in [1.807, 2.05) is 78.9 Å². The molecule has 0 atom stereocenters. The highest BCUT2D eigenvalue weighted by molar-refractivity contribution is 6.13. The second-order valence-electron chi connectivity index (χ2n) is 5.66. The fourth-order valence-corrected chi connectivity index (χ4v) is 2.41. The van der Waals surface area contributed by atoms with Crippen molar-refractivity contribution in [2.75, 3.05) is 0 Å². The Kier molecular flexibility index (Phi) is 4.87. The number of nitrogens with zero attached hydrogens (tertiary/aromatic N) is 1. The third-order valence-electron chi connectivity index (χ3n) is 3.75. The van der Waals surface area contributed by atoms with Gasteiger partial charge in [0, 0.05) is 11.3 Å². The lowest BCUT2D eigenvalue weighted by Gasteiger charge is -2.06. The van der Waals surface area contributed by atoms with E-state index in [0.717, 1.165) is 22.5 Å². The molecule has 2 N–H and O–H groups in total. The average molecular weight is 312 g/mol. The van der Waals surface area contributed by atoms with Gasteiger partial charge in [-0.2, -0.15) is 0 Å². The van der Waals surface area contributed by atoms with Crippen molar-refractivity contribution in [2.45, 2.75) is 6.92 Å². The normalized spacial score (nSPS) is 12.2. The number of allylic oxidation sites excluding steroid dienone is 1. The van der Waals surface area contributed by atoms with E-state index < -0.39 is 0 Å². The molecule has 0 amide bonds. The zero-order valence-corrected chi connectivity index (χ0v) is 13.7. The monoisotopic (exact) mass is 312 g/mol. The van der Waals surface area contributed by atoms with Gasteiger partial charge in [-0.25, -0.2) is 4.99 Å². The highest BCUT2D eigenvalue weighted by Gasteiger charge is 2.04. The second kappa shape index (κ2) is 7.42. The van der Waals surface area contributed by atoms with E-state index in [1.54, 1.807) is 0 Å². The van der Waals surface area contributed by atoms with Crippen LogP contribution in [0.2, 0.25) is 0 Å². The maximum atomic E-state index is 6.29. The Morgan fingerprint density at radius 1 is 0.750 bits per heavy atom. The van der Waals surface area contributed by atoms with Crippen LogP contribution < -0.4 is 5.73 Å². The van der Waals surface area contributed by atoms with Crippen LogP contribution in [-0.4, -0.2) is 5.71 Å². The summed E-state index contributed by atoms with van der Waals surface area (Å²) in [6, 6.07) is 28.2. The number of hydrogen-bond donors (Lipinski definition) is 1. The Bertz CT molecular complexity index is 845. The van der Waals surface area contributed by atoms with Crippen molar-refractivity contribution in [3.05, 3.63) is 108 Å². The molecule has 0 aliphatic heterocycles. The summed E-state index contributed by atoms with van der Waals surface area (Å²) in [5.74, 6) is 0. The summed E-state index contributed by atoms with van der Waals surface area (Å²) in [6.45, 7) is 2.07. The van der Waals surface area contributed by atoms with Crippen LogP contribution in [0.1, 0.15) is 16.7 Å². The fourth-order valence-electron chi connectivity index (χ4n) is 2.41. The van der Waals surface area contributed by atoms with Crippen molar-refractivity contribution < 1.29 is 0 Å². The summed E-state index contributed by atoms with van der Waals surface area (Å²) in [6.07, 6.45) is 1.94. The molecule has 0 aliphatic rings. The largest absolute Gasteiger partial charge is 0.398 e. The molecule has 2 heteroatoms. The fraction of sp³-hybridized carbons (Fsp3) is 0.0455. The third-order valence-corrected chi connectivity index (χ3v) is 3.75. The van der Waals surface area contributed by atoms with Gasteiger partial charge in [0.05, 0.1) is 11.4 Å². The molecule has 24 heavy (non-hydrogen) atoms. The molecule has 0 bridgehead atoms. The lowest BCUT2D eigenvalue weighted by atomic mass is 10.1. The molecule has 0 radical (unpaired) electrons. The smallest absolute Gasteiger partial charge is 0.0729 e. The number of benzene rings is 3. The summed E-state index contributed by atoms with van der Waals surface area (Å²) in [7, 11) is 0. The van der Waals surface area contributed by atoms with E-state index in [4.69, 9.17) is 10.7 Å². The highest BCUT2D eigenvalue weighted by Crippen LogP contribution is 2.17. The van der Waals surface area contributed by atoms with Gasteiger partial charge in [-0.15, -0.1) is 0 Å². The highest BCUT2D eigenvalue weighted by atomic mass is 14.7. The first-order valence-corrected chi connectivity index (χ1v) is 7.96. The molecule has 3 aromatic rings. The van der Waals surface area contributed by atoms with Gasteiger partial charge in [-0.05, 0) is 30.7 Å². The van der Waals surface area contributed by atoms with Crippen molar-refractivity contribution in [3.63, 3.8) is 0 Å². The molecule has 0 saturated heterocycles. The van der Waals surface area contributed by atoms with Gasteiger partial charge in [0.15, 0.2) is 0 Å². The summed E-state index contributed by atoms with van der Waals surface area (Å²) < 4.78 is 0. The maximum absolute atomic E-state index is 6.29. The predicted octanol–water partition coefficient (Wildman–Crippen LogP) is 5.12. The number of hydrogen-bond acceptors (Lipinski definition) is 2. The predicted molar refractivity (Wildman–Crippen MR) is 102 cm³/mol. The van der Waals surface area contributed by atoms with Gasteiger partial charge in [-0.1, -0.05) is 78.4 Å². The van der Waals surface area contributed by atoms with Gasteiger partial charge in [0.1, 0.15) is 0 Å². The molecule has 3 rings (SSSR count). The summed E-state index contributed by atoms with van der Waals surface area (Å²) in [5.41, 5.74) is 12.0. The zero-order valence-electron chi connectivity index (χ0n) is 13.7. The second-order valence-corrected chi connectivity index (χ2v) is 5.66.